The molecule has 0 aliphatic rings. The molecule has 0 bridgehead atoms. The van der Waals surface area contributed by atoms with Crippen molar-refractivity contribution < 1.29 is 76.2 Å². The number of hydrogen-bond donors (Lipinski definition) is 4. The Morgan fingerprint density at radius 1 is 0.818 bits per heavy atom. The van der Waals surface area contributed by atoms with Gasteiger partial charge in [-0.05, 0) is 18.2 Å². The number of phenols is 4. The minimum Gasteiger partial charge on any atom is -0.508 e. The molecule has 0 fully saturated rings. The van der Waals surface area contributed by atoms with Crippen LogP contribution in [0.5, 0.6) is 23.0 Å². The van der Waals surface area contributed by atoms with Gasteiger partial charge in [-0.1, -0.05) is 0 Å². The van der Waals surface area contributed by atoms with Crippen LogP contribution in [0.1, 0.15) is 0 Å². The van der Waals surface area contributed by atoms with Gasteiger partial charge in [-0.25, -0.2) is 0 Å². The minimum absolute atomic E-state index is 0. The molecule has 3 aromatic rings. The first-order chi connectivity index (χ1) is 9.95. The number of benzene rings is 2. The van der Waals surface area contributed by atoms with Crippen molar-refractivity contribution in [3.05, 3.63) is 46.6 Å². The largest absolute Gasteiger partial charge is 1.00 e. The fourth-order valence-electron chi connectivity index (χ4n) is 2.07. The van der Waals surface area contributed by atoms with E-state index in [4.69, 9.17) is 4.42 Å². The smallest absolute Gasteiger partial charge is 0.508 e. The third-order valence-corrected chi connectivity index (χ3v) is 3.05. The van der Waals surface area contributed by atoms with Crippen molar-refractivity contribution in [2.24, 2.45) is 0 Å². The van der Waals surface area contributed by atoms with Crippen LogP contribution in [0.3, 0.4) is 0 Å². The molecule has 1 heterocycles. The van der Waals surface area contributed by atoms with E-state index in [1.54, 1.807) is 0 Å². The summed E-state index contributed by atoms with van der Waals surface area (Å²) in [5.41, 5.74) is -0.106. The summed E-state index contributed by atoms with van der Waals surface area (Å²) in [5, 5.41) is 37.9. The molecule has 0 radical (unpaired) electrons. The van der Waals surface area contributed by atoms with Gasteiger partial charge < -0.3 is 24.8 Å². The Hall–Kier alpha value is -1.51. The zero-order valence-electron chi connectivity index (χ0n) is 11.6. The molecule has 0 saturated carbocycles. The van der Waals surface area contributed by atoms with Gasteiger partial charge in [0.1, 0.15) is 28.2 Å². The van der Waals surface area contributed by atoms with E-state index in [2.05, 4.69) is 0 Å². The molecule has 3 rings (SSSR count). The van der Waals surface area contributed by atoms with Gasteiger partial charge in [0.15, 0.2) is 16.9 Å². The Kier molecular flexibility index (Phi) is 4.83. The molecule has 22 heavy (non-hydrogen) atoms. The molecular weight excluding hydrogens is 315 g/mol. The van der Waals surface area contributed by atoms with Crippen molar-refractivity contribution in [2.45, 2.75) is 0 Å². The predicted octanol–water partition coefficient (Wildman–Crippen LogP) is -0.714. The van der Waals surface area contributed by atoms with Gasteiger partial charge in [0, 0.05) is 23.8 Å². The van der Waals surface area contributed by atoms with Crippen LogP contribution >= 0.6 is 0 Å². The molecule has 0 saturated heterocycles. The fourth-order valence-corrected chi connectivity index (χ4v) is 2.07. The summed E-state index contributed by atoms with van der Waals surface area (Å²) in [5.74, 6) is -1.13. The molecule has 4 N–H and O–H groups in total. The van der Waals surface area contributed by atoms with Crippen molar-refractivity contribution in [2.75, 3.05) is 0 Å². The molecule has 7 heteroatoms. The predicted molar refractivity (Wildman–Crippen MR) is 74.6 cm³/mol. The first-order valence-corrected chi connectivity index (χ1v) is 5.98. The number of phenolic OH excluding ortho intramolecular Hbond substituents is 4. The maximum Gasteiger partial charge on any atom is 1.00 e. The van der Waals surface area contributed by atoms with Gasteiger partial charge in [-0.3, -0.25) is 4.79 Å². The van der Waals surface area contributed by atoms with Crippen molar-refractivity contribution in [3.8, 4) is 34.3 Å². The zero-order chi connectivity index (χ0) is 15.1. The van der Waals surface area contributed by atoms with Crippen LogP contribution in [0.25, 0.3) is 22.3 Å². The number of fused-ring (bicyclic) bond motifs is 1. The monoisotopic (exact) mass is 325 g/mol. The first kappa shape index (κ1) is 16.9. The molecular formula is C15H10KO6+. The van der Waals surface area contributed by atoms with E-state index in [-0.39, 0.29) is 91.1 Å². The second-order valence-corrected chi connectivity index (χ2v) is 4.52. The Morgan fingerprint density at radius 2 is 1.55 bits per heavy atom. The SMILES string of the molecule is O=c1cc(-c2ccc(O)c(O)c2)oc2cc(O)cc(O)c12.[K+]. The number of hydrogen-bond acceptors (Lipinski definition) is 6. The second-order valence-electron chi connectivity index (χ2n) is 4.52. The minimum atomic E-state index is -0.490. The van der Waals surface area contributed by atoms with E-state index in [0.717, 1.165) is 12.1 Å². The number of aromatic hydroxyl groups is 4. The van der Waals surface area contributed by atoms with Gasteiger partial charge in [-0.2, -0.15) is 0 Å². The molecule has 1 aromatic heterocycles. The van der Waals surface area contributed by atoms with Crippen molar-refractivity contribution in [1.82, 2.24) is 0 Å². The number of rotatable bonds is 1. The average molecular weight is 325 g/mol. The molecule has 2 aromatic carbocycles. The van der Waals surface area contributed by atoms with E-state index in [1.165, 1.54) is 24.3 Å². The topological polar surface area (TPSA) is 111 Å². The maximum absolute atomic E-state index is 12.0. The van der Waals surface area contributed by atoms with Crippen molar-refractivity contribution >= 4 is 11.0 Å². The normalized spacial score (nSPS) is 10.4. The van der Waals surface area contributed by atoms with E-state index in [1.807, 2.05) is 0 Å². The van der Waals surface area contributed by atoms with E-state index in [9.17, 15) is 25.2 Å². The van der Waals surface area contributed by atoms with Crippen molar-refractivity contribution in [3.63, 3.8) is 0 Å². The van der Waals surface area contributed by atoms with Crippen LogP contribution in [0.15, 0.2) is 45.6 Å². The molecule has 0 spiro atoms. The molecule has 6 nitrogen and oxygen atoms in total. The second kappa shape index (κ2) is 6.31. The van der Waals surface area contributed by atoms with E-state index < -0.39 is 5.43 Å². The van der Waals surface area contributed by atoms with Crippen LogP contribution in [0.4, 0.5) is 0 Å². The summed E-state index contributed by atoms with van der Waals surface area (Å²) in [7, 11) is 0. The van der Waals surface area contributed by atoms with Gasteiger partial charge in [0.2, 0.25) is 0 Å². The van der Waals surface area contributed by atoms with Gasteiger partial charge >= 0.3 is 51.4 Å². The van der Waals surface area contributed by atoms with Gasteiger partial charge in [0.05, 0.1) is 0 Å². The van der Waals surface area contributed by atoms with E-state index in [0.29, 0.717) is 5.56 Å². The third kappa shape index (κ3) is 2.99. The molecule has 106 valence electrons. The quantitative estimate of drug-likeness (QED) is 0.347. The summed E-state index contributed by atoms with van der Waals surface area (Å²) < 4.78 is 5.47. The summed E-state index contributed by atoms with van der Waals surface area (Å²) in [4.78, 5) is 12.0. The van der Waals surface area contributed by atoms with Crippen molar-refractivity contribution in [1.29, 1.82) is 0 Å². The Balaban J connectivity index is 0.00000176. The summed E-state index contributed by atoms with van der Waals surface area (Å²) in [6, 6.07) is 7.37. The molecule has 0 unspecified atom stereocenters. The van der Waals surface area contributed by atoms with Crippen LogP contribution in [0, 0.1) is 0 Å². The average Bonchev–Trinajstić information content (AvgIpc) is 2.40. The van der Waals surface area contributed by atoms with E-state index >= 15 is 0 Å². The van der Waals surface area contributed by atoms with Crippen LogP contribution in [-0.4, -0.2) is 20.4 Å². The maximum atomic E-state index is 12.0. The zero-order valence-corrected chi connectivity index (χ0v) is 14.7. The Labute approximate surface area is 166 Å². The van der Waals surface area contributed by atoms with Gasteiger partial charge in [-0.15, -0.1) is 0 Å². The summed E-state index contributed by atoms with van der Waals surface area (Å²) in [6.07, 6.45) is 0. The fraction of sp³-hybridized carbons (Fsp3) is 0. The van der Waals surface area contributed by atoms with Crippen LogP contribution in [0.2, 0.25) is 0 Å². The molecule has 0 atom stereocenters. The third-order valence-electron chi connectivity index (χ3n) is 3.05. The Morgan fingerprint density at radius 3 is 2.23 bits per heavy atom. The molecule has 0 amide bonds. The Bertz CT molecular complexity index is 916. The molecule has 0 aliphatic carbocycles. The van der Waals surface area contributed by atoms with Crippen LogP contribution < -0.4 is 56.8 Å². The summed E-state index contributed by atoms with van der Waals surface area (Å²) in [6.45, 7) is 0. The van der Waals surface area contributed by atoms with Crippen LogP contribution in [-0.2, 0) is 0 Å². The van der Waals surface area contributed by atoms with Gasteiger partial charge in [0.25, 0.3) is 0 Å². The standard InChI is InChI=1S/C15H10O6.K/c16-8-4-11(19)15-12(20)6-13(21-14(15)5-8)7-1-2-9(17)10(18)3-7;/h1-6,16-19H;/q;+1. The first-order valence-electron chi connectivity index (χ1n) is 5.98. The molecule has 0 aliphatic heterocycles. The summed E-state index contributed by atoms with van der Waals surface area (Å²) >= 11 is 0.